The number of aromatic hydroxyl groups is 1. The highest BCUT2D eigenvalue weighted by molar-refractivity contribution is 5.44. The van der Waals surface area contributed by atoms with E-state index in [1.165, 1.54) is 0 Å². The van der Waals surface area contributed by atoms with Crippen LogP contribution in [0.1, 0.15) is 33.3 Å². The summed E-state index contributed by atoms with van der Waals surface area (Å²) in [6.45, 7) is 7.99. The van der Waals surface area contributed by atoms with Gasteiger partial charge in [-0.2, -0.15) is 0 Å². The first-order chi connectivity index (χ1) is 6.44. The molecule has 2 nitrogen and oxygen atoms in total. The molecule has 0 aromatic heterocycles. The molecule has 1 N–H and O–H groups in total. The van der Waals surface area contributed by atoms with Gasteiger partial charge in [-0.1, -0.05) is 13.0 Å². The van der Waals surface area contributed by atoms with E-state index in [0.717, 1.165) is 17.7 Å². The van der Waals surface area contributed by atoms with E-state index < -0.39 is 0 Å². The molecule has 1 aromatic rings. The molecule has 78 valence electrons. The molecule has 0 spiro atoms. The van der Waals surface area contributed by atoms with Crippen LogP contribution < -0.4 is 4.74 Å². The van der Waals surface area contributed by atoms with Gasteiger partial charge in [0.1, 0.15) is 17.1 Å². The van der Waals surface area contributed by atoms with E-state index in [4.69, 9.17) is 4.74 Å². The van der Waals surface area contributed by atoms with Gasteiger partial charge in [0, 0.05) is 5.56 Å². The molecule has 0 bridgehead atoms. The van der Waals surface area contributed by atoms with E-state index in [9.17, 15) is 5.11 Å². The summed E-state index contributed by atoms with van der Waals surface area (Å²) in [7, 11) is 0. The average molecular weight is 194 g/mol. The minimum absolute atomic E-state index is 0.224. The van der Waals surface area contributed by atoms with Crippen molar-refractivity contribution < 1.29 is 9.84 Å². The van der Waals surface area contributed by atoms with E-state index in [0.29, 0.717) is 5.75 Å². The first-order valence-corrected chi connectivity index (χ1v) is 4.94. The van der Waals surface area contributed by atoms with E-state index in [-0.39, 0.29) is 5.60 Å². The van der Waals surface area contributed by atoms with Crippen LogP contribution in [0.3, 0.4) is 0 Å². The first kappa shape index (κ1) is 10.9. The average Bonchev–Trinajstić information content (AvgIpc) is 2.01. The summed E-state index contributed by atoms with van der Waals surface area (Å²) in [5.74, 6) is 1.09. The van der Waals surface area contributed by atoms with Crippen LogP contribution in [0.25, 0.3) is 0 Å². The molecule has 0 saturated carbocycles. The van der Waals surface area contributed by atoms with Crippen LogP contribution in [0, 0.1) is 0 Å². The fourth-order valence-corrected chi connectivity index (χ4v) is 1.33. The van der Waals surface area contributed by atoms with Gasteiger partial charge in [-0.05, 0) is 39.3 Å². The summed E-state index contributed by atoms with van der Waals surface area (Å²) in [6.07, 6.45) is 0.776. The van der Waals surface area contributed by atoms with Crippen molar-refractivity contribution in [1.29, 1.82) is 0 Å². The fourth-order valence-electron chi connectivity index (χ4n) is 1.33. The van der Waals surface area contributed by atoms with Crippen LogP contribution in [0.15, 0.2) is 18.2 Å². The van der Waals surface area contributed by atoms with Crippen LogP contribution in [0.2, 0.25) is 0 Å². The number of rotatable bonds is 2. The lowest BCUT2D eigenvalue weighted by molar-refractivity contribution is 0.129. The number of benzene rings is 1. The lowest BCUT2D eigenvalue weighted by Gasteiger charge is -2.23. The highest BCUT2D eigenvalue weighted by Gasteiger charge is 2.15. The van der Waals surface area contributed by atoms with Crippen molar-refractivity contribution in [2.75, 3.05) is 0 Å². The number of phenols is 1. The molecule has 0 radical (unpaired) electrons. The van der Waals surface area contributed by atoms with Gasteiger partial charge in [0.05, 0.1) is 0 Å². The second-order valence-corrected chi connectivity index (χ2v) is 4.32. The zero-order valence-electron chi connectivity index (χ0n) is 9.29. The molecular formula is C12H18O2. The Morgan fingerprint density at radius 1 is 1.29 bits per heavy atom. The maximum absolute atomic E-state index is 9.61. The number of hydrogen-bond acceptors (Lipinski definition) is 2. The van der Waals surface area contributed by atoms with E-state index in [1.807, 2.05) is 33.8 Å². The summed E-state index contributed by atoms with van der Waals surface area (Å²) in [6, 6.07) is 5.38. The van der Waals surface area contributed by atoms with E-state index >= 15 is 0 Å². The molecule has 14 heavy (non-hydrogen) atoms. The van der Waals surface area contributed by atoms with Crippen LogP contribution >= 0.6 is 0 Å². The Morgan fingerprint density at radius 2 is 1.93 bits per heavy atom. The third-order valence-electron chi connectivity index (χ3n) is 1.88. The minimum Gasteiger partial charge on any atom is -0.508 e. The molecule has 0 fully saturated rings. The third-order valence-corrected chi connectivity index (χ3v) is 1.88. The zero-order valence-corrected chi connectivity index (χ0v) is 9.29. The minimum atomic E-state index is -0.224. The van der Waals surface area contributed by atoms with Gasteiger partial charge in [0.25, 0.3) is 0 Å². The molecular weight excluding hydrogens is 176 g/mol. The Balaban J connectivity index is 3.02. The van der Waals surface area contributed by atoms with Crippen LogP contribution in [0.4, 0.5) is 0 Å². The SMILES string of the molecule is CCc1c(O)cccc1OC(C)(C)C. The lowest BCUT2D eigenvalue weighted by Crippen LogP contribution is -2.23. The standard InChI is InChI=1S/C12H18O2/c1-5-9-10(13)7-6-8-11(9)14-12(2,3)4/h6-8,13H,5H2,1-4H3. The van der Waals surface area contributed by atoms with Crippen LogP contribution in [-0.2, 0) is 6.42 Å². The molecule has 0 saturated heterocycles. The number of hydrogen-bond donors (Lipinski definition) is 1. The molecule has 0 aliphatic heterocycles. The second kappa shape index (κ2) is 3.91. The molecule has 0 aliphatic carbocycles. The fraction of sp³-hybridized carbons (Fsp3) is 0.500. The second-order valence-electron chi connectivity index (χ2n) is 4.32. The van der Waals surface area contributed by atoms with Crippen molar-refractivity contribution in [3.63, 3.8) is 0 Å². The summed E-state index contributed by atoms with van der Waals surface area (Å²) < 4.78 is 5.74. The van der Waals surface area contributed by atoms with Gasteiger partial charge in [0.15, 0.2) is 0 Å². The maximum atomic E-state index is 9.61. The van der Waals surface area contributed by atoms with E-state index in [2.05, 4.69) is 0 Å². The van der Waals surface area contributed by atoms with Crippen molar-refractivity contribution in [2.45, 2.75) is 39.7 Å². The topological polar surface area (TPSA) is 29.5 Å². The monoisotopic (exact) mass is 194 g/mol. The Kier molecular flexibility index (Phi) is 3.04. The Bertz CT molecular complexity index is 311. The smallest absolute Gasteiger partial charge is 0.126 e. The van der Waals surface area contributed by atoms with Gasteiger partial charge in [0.2, 0.25) is 0 Å². The normalized spacial score (nSPS) is 11.4. The van der Waals surface area contributed by atoms with Gasteiger partial charge >= 0.3 is 0 Å². The van der Waals surface area contributed by atoms with Gasteiger partial charge in [-0.15, -0.1) is 0 Å². The highest BCUT2D eigenvalue weighted by Crippen LogP contribution is 2.30. The Morgan fingerprint density at radius 3 is 2.43 bits per heavy atom. The van der Waals surface area contributed by atoms with Crippen molar-refractivity contribution in [1.82, 2.24) is 0 Å². The van der Waals surface area contributed by atoms with Crippen molar-refractivity contribution in [3.8, 4) is 11.5 Å². The van der Waals surface area contributed by atoms with Crippen LogP contribution in [-0.4, -0.2) is 10.7 Å². The Hall–Kier alpha value is -1.18. The van der Waals surface area contributed by atoms with Crippen molar-refractivity contribution in [3.05, 3.63) is 23.8 Å². The first-order valence-electron chi connectivity index (χ1n) is 4.94. The molecule has 0 atom stereocenters. The molecule has 1 rings (SSSR count). The van der Waals surface area contributed by atoms with Crippen molar-refractivity contribution in [2.24, 2.45) is 0 Å². The largest absolute Gasteiger partial charge is 0.508 e. The molecule has 0 unspecified atom stereocenters. The molecule has 0 amide bonds. The summed E-state index contributed by atoms with van der Waals surface area (Å²) >= 11 is 0. The van der Waals surface area contributed by atoms with E-state index in [1.54, 1.807) is 12.1 Å². The van der Waals surface area contributed by atoms with Gasteiger partial charge in [-0.25, -0.2) is 0 Å². The Labute approximate surface area is 85.5 Å². The summed E-state index contributed by atoms with van der Waals surface area (Å²) in [5, 5.41) is 9.61. The summed E-state index contributed by atoms with van der Waals surface area (Å²) in [4.78, 5) is 0. The highest BCUT2D eigenvalue weighted by atomic mass is 16.5. The quantitative estimate of drug-likeness (QED) is 0.783. The summed E-state index contributed by atoms with van der Waals surface area (Å²) in [5.41, 5.74) is 0.653. The third kappa shape index (κ3) is 2.66. The zero-order chi connectivity index (χ0) is 10.8. The molecule has 0 heterocycles. The van der Waals surface area contributed by atoms with Gasteiger partial charge < -0.3 is 9.84 Å². The maximum Gasteiger partial charge on any atom is 0.126 e. The molecule has 1 aromatic carbocycles. The molecule has 0 aliphatic rings. The predicted octanol–water partition coefficient (Wildman–Crippen LogP) is 3.13. The number of phenolic OH excluding ortho intramolecular Hbond substituents is 1. The number of ether oxygens (including phenoxy) is 1. The molecule has 2 heteroatoms. The van der Waals surface area contributed by atoms with Gasteiger partial charge in [-0.3, -0.25) is 0 Å². The lowest BCUT2D eigenvalue weighted by atomic mass is 10.1. The predicted molar refractivity (Wildman–Crippen MR) is 57.9 cm³/mol. The van der Waals surface area contributed by atoms with Crippen molar-refractivity contribution >= 4 is 0 Å². The van der Waals surface area contributed by atoms with Crippen LogP contribution in [0.5, 0.6) is 11.5 Å².